The van der Waals surface area contributed by atoms with Gasteiger partial charge in [-0.15, -0.1) is 0 Å². The van der Waals surface area contributed by atoms with E-state index in [1.807, 2.05) is 18.2 Å². The van der Waals surface area contributed by atoms with Crippen LogP contribution in [0.3, 0.4) is 0 Å². The molecule has 1 aromatic rings. The zero-order chi connectivity index (χ0) is 14.4. The van der Waals surface area contributed by atoms with Crippen LogP contribution in [0.1, 0.15) is 50.5 Å². The predicted molar refractivity (Wildman–Crippen MR) is 80.9 cm³/mol. The predicted octanol–water partition coefficient (Wildman–Crippen LogP) is 3.51. The maximum Gasteiger partial charge on any atom is 0.320 e. The van der Waals surface area contributed by atoms with Crippen LogP contribution in [0.4, 0.5) is 0 Å². The van der Waals surface area contributed by atoms with Crippen LogP contribution < -0.4 is 0 Å². The van der Waals surface area contributed by atoms with Crippen LogP contribution in [0.2, 0.25) is 0 Å². The Labute approximate surface area is 121 Å². The van der Waals surface area contributed by atoms with Gasteiger partial charge in [-0.3, -0.25) is 9.69 Å². The van der Waals surface area contributed by atoms with Gasteiger partial charge in [-0.25, -0.2) is 0 Å². The van der Waals surface area contributed by atoms with Crippen LogP contribution in [0.15, 0.2) is 30.3 Å². The summed E-state index contributed by atoms with van der Waals surface area (Å²) in [6.07, 6.45) is 5.42. The average molecular weight is 275 g/mol. The largest absolute Gasteiger partial charge is 0.480 e. The molecule has 3 nitrogen and oxygen atoms in total. The van der Waals surface area contributed by atoms with Gasteiger partial charge in [-0.2, -0.15) is 0 Å². The summed E-state index contributed by atoms with van der Waals surface area (Å²) in [4.78, 5) is 13.8. The third kappa shape index (κ3) is 4.07. The lowest BCUT2D eigenvalue weighted by atomic mass is 9.93. The fourth-order valence-corrected chi connectivity index (χ4v) is 3.07. The molecule has 0 amide bonds. The molecule has 0 aromatic heterocycles. The molecule has 0 radical (unpaired) electrons. The van der Waals surface area contributed by atoms with Gasteiger partial charge in [-0.05, 0) is 43.8 Å². The summed E-state index contributed by atoms with van der Waals surface area (Å²) < 4.78 is 0. The van der Waals surface area contributed by atoms with Crippen molar-refractivity contribution in [3.8, 4) is 0 Å². The van der Waals surface area contributed by atoms with E-state index in [0.717, 1.165) is 25.9 Å². The number of carboxylic acids is 1. The lowest BCUT2D eigenvalue weighted by Crippen LogP contribution is -2.42. The van der Waals surface area contributed by atoms with Crippen LogP contribution >= 0.6 is 0 Å². The molecule has 110 valence electrons. The fraction of sp³-hybridized carbons (Fsp3) is 0.588. The Morgan fingerprint density at radius 3 is 2.30 bits per heavy atom. The maximum atomic E-state index is 11.6. The first-order chi connectivity index (χ1) is 9.68. The summed E-state index contributed by atoms with van der Waals surface area (Å²) in [5.74, 6) is -0.393. The zero-order valence-electron chi connectivity index (χ0n) is 12.3. The number of carbonyl (C=O) groups is 1. The van der Waals surface area contributed by atoms with Gasteiger partial charge in [0.2, 0.25) is 0 Å². The van der Waals surface area contributed by atoms with Crippen molar-refractivity contribution in [1.82, 2.24) is 4.90 Å². The first-order valence-corrected chi connectivity index (χ1v) is 7.70. The van der Waals surface area contributed by atoms with E-state index in [9.17, 15) is 9.90 Å². The average Bonchev–Trinajstić information content (AvgIpc) is 2.74. The third-order valence-corrected chi connectivity index (χ3v) is 4.31. The lowest BCUT2D eigenvalue weighted by Gasteiger charge is -2.29. The molecule has 0 saturated carbocycles. The summed E-state index contributed by atoms with van der Waals surface area (Å²) in [5, 5.41) is 9.57. The molecule has 1 aliphatic heterocycles. The summed E-state index contributed by atoms with van der Waals surface area (Å²) in [5.41, 5.74) is 1.23. The lowest BCUT2D eigenvalue weighted by molar-refractivity contribution is -0.143. The molecule has 0 spiro atoms. The van der Waals surface area contributed by atoms with Crippen molar-refractivity contribution < 1.29 is 9.90 Å². The normalized spacial score (nSPS) is 20.1. The molecule has 1 saturated heterocycles. The minimum Gasteiger partial charge on any atom is -0.480 e. The first-order valence-electron chi connectivity index (χ1n) is 7.70. The molecule has 1 fully saturated rings. The molecule has 0 aliphatic carbocycles. The number of rotatable bonds is 5. The molecule has 2 unspecified atom stereocenters. The van der Waals surface area contributed by atoms with Crippen LogP contribution in [0, 0.1) is 0 Å². The maximum absolute atomic E-state index is 11.6. The monoisotopic (exact) mass is 275 g/mol. The number of hydrogen-bond donors (Lipinski definition) is 1. The number of aliphatic carboxylic acids is 1. The van der Waals surface area contributed by atoms with Gasteiger partial charge >= 0.3 is 5.97 Å². The summed E-state index contributed by atoms with van der Waals surface area (Å²) in [6.45, 7) is 3.99. The van der Waals surface area contributed by atoms with Gasteiger partial charge in [0.15, 0.2) is 0 Å². The highest BCUT2D eigenvalue weighted by molar-refractivity contribution is 5.73. The Bertz CT molecular complexity index is 410. The second-order valence-electron chi connectivity index (χ2n) is 5.85. The number of carboxylic acid groups (broad SMARTS) is 1. The fourth-order valence-electron chi connectivity index (χ4n) is 3.07. The van der Waals surface area contributed by atoms with Gasteiger partial charge in [0.25, 0.3) is 0 Å². The van der Waals surface area contributed by atoms with E-state index >= 15 is 0 Å². The highest BCUT2D eigenvalue weighted by Crippen LogP contribution is 2.24. The van der Waals surface area contributed by atoms with Gasteiger partial charge in [0, 0.05) is 0 Å². The van der Waals surface area contributed by atoms with Gasteiger partial charge < -0.3 is 5.11 Å². The van der Waals surface area contributed by atoms with Crippen molar-refractivity contribution in [2.24, 2.45) is 0 Å². The van der Waals surface area contributed by atoms with Crippen molar-refractivity contribution >= 4 is 5.97 Å². The van der Waals surface area contributed by atoms with Crippen molar-refractivity contribution in [2.75, 3.05) is 13.1 Å². The van der Waals surface area contributed by atoms with E-state index in [2.05, 4.69) is 24.0 Å². The number of nitrogens with zero attached hydrogens (tertiary/aromatic N) is 1. The Morgan fingerprint density at radius 1 is 1.15 bits per heavy atom. The molecule has 1 heterocycles. The standard InChI is InChI=1S/C17H25NO2/c1-14(15-9-5-4-6-10-15)13-16(17(19)20)18-11-7-2-3-8-12-18/h4-6,9-10,14,16H,2-3,7-8,11-13H2,1H3,(H,19,20). The Balaban J connectivity index is 2.03. The second-order valence-corrected chi connectivity index (χ2v) is 5.85. The zero-order valence-corrected chi connectivity index (χ0v) is 12.3. The van der Waals surface area contributed by atoms with Crippen molar-refractivity contribution in [3.05, 3.63) is 35.9 Å². The molecule has 2 atom stereocenters. The van der Waals surface area contributed by atoms with Crippen LogP contribution in [0.25, 0.3) is 0 Å². The summed E-state index contributed by atoms with van der Waals surface area (Å²) >= 11 is 0. The summed E-state index contributed by atoms with van der Waals surface area (Å²) in [7, 11) is 0. The van der Waals surface area contributed by atoms with Crippen LogP contribution in [-0.2, 0) is 4.79 Å². The van der Waals surface area contributed by atoms with Gasteiger partial charge in [0.1, 0.15) is 6.04 Å². The van der Waals surface area contributed by atoms with E-state index in [1.54, 1.807) is 0 Å². The van der Waals surface area contributed by atoms with Crippen molar-refractivity contribution in [2.45, 2.75) is 51.0 Å². The van der Waals surface area contributed by atoms with E-state index in [1.165, 1.54) is 18.4 Å². The molecular formula is C17H25NO2. The van der Waals surface area contributed by atoms with Crippen LogP contribution in [0.5, 0.6) is 0 Å². The summed E-state index contributed by atoms with van der Waals surface area (Å²) in [6, 6.07) is 9.88. The molecular weight excluding hydrogens is 250 g/mol. The third-order valence-electron chi connectivity index (χ3n) is 4.31. The van der Waals surface area contributed by atoms with Crippen molar-refractivity contribution in [1.29, 1.82) is 0 Å². The minimum absolute atomic E-state index is 0.278. The smallest absolute Gasteiger partial charge is 0.320 e. The van der Waals surface area contributed by atoms with Crippen molar-refractivity contribution in [3.63, 3.8) is 0 Å². The van der Waals surface area contributed by atoms with Gasteiger partial charge in [-0.1, -0.05) is 50.1 Å². The number of benzene rings is 1. The van der Waals surface area contributed by atoms with E-state index in [0.29, 0.717) is 6.42 Å². The minimum atomic E-state index is -0.672. The Kier molecular flexibility index (Phi) is 5.60. The first kappa shape index (κ1) is 15.0. The molecule has 2 rings (SSSR count). The molecule has 1 N–H and O–H groups in total. The quantitative estimate of drug-likeness (QED) is 0.894. The van der Waals surface area contributed by atoms with Gasteiger partial charge in [0.05, 0.1) is 0 Å². The Hall–Kier alpha value is -1.35. The van der Waals surface area contributed by atoms with E-state index in [-0.39, 0.29) is 12.0 Å². The van der Waals surface area contributed by atoms with Crippen LogP contribution in [-0.4, -0.2) is 35.1 Å². The molecule has 3 heteroatoms. The number of hydrogen-bond acceptors (Lipinski definition) is 2. The SMILES string of the molecule is CC(CC(C(=O)O)N1CCCCCC1)c1ccccc1. The molecule has 0 bridgehead atoms. The molecule has 1 aromatic carbocycles. The second kappa shape index (κ2) is 7.44. The molecule has 1 aliphatic rings. The topological polar surface area (TPSA) is 40.5 Å². The highest BCUT2D eigenvalue weighted by atomic mass is 16.4. The molecule has 20 heavy (non-hydrogen) atoms. The Morgan fingerprint density at radius 2 is 1.75 bits per heavy atom. The van der Waals surface area contributed by atoms with E-state index in [4.69, 9.17) is 0 Å². The highest BCUT2D eigenvalue weighted by Gasteiger charge is 2.28. The number of likely N-dealkylation sites (tertiary alicyclic amines) is 1. The van der Waals surface area contributed by atoms with E-state index < -0.39 is 5.97 Å².